The van der Waals surface area contributed by atoms with Gasteiger partial charge < -0.3 is 19.5 Å². The van der Waals surface area contributed by atoms with Crippen LogP contribution >= 0.6 is 0 Å². The van der Waals surface area contributed by atoms with E-state index in [1.807, 2.05) is 19.1 Å². The predicted molar refractivity (Wildman–Crippen MR) is 74.9 cm³/mol. The molecule has 0 atom stereocenters. The number of hydrogen-bond acceptors (Lipinski definition) is 4. The van der Waals surface area contributed by atoms with Crippen molar-refractivity contribution in [2.75, 3.05) is 26.9 Å². The number of hydrogen-bond donors (Lipinski definition) is 1. The minimum atomic E-state index is -0.591. The molecular formula is C15H21NO4. The third-order valence-electron chi connectivity index (χ3n) is 3.32. The number of para-hydroxylation sites is 1. The van der Waals surface area contributed by atoms with Crippen LogP contribution in [0.4, 0.5) is 0 Å². The number of ether oxygens (including phenoxy) is 3. The van der Waals surface area contributed by atoms with Crippen LogP contribution in [-0.4, -0.2) is 38.6 Å². The van der Waals surface area contributed by atoms with Crippen LogP contribution in [0.3, 0.4) is 0 Å². The van der Waals surface area contributed by atoms with Crippen LogP contribution in [0.1, 0.15) is 30.1 Å². The van der Waals surface area contributed by atoms with Gasteiger partial charge in [-0.2, -0.15) is 0 Å². The molecule has 0 bridgehead atoms. The van der Waals surface area contributed by atoms with Gasteiger partial charge in [0.2, 0.25) is 0 Å². The SMILES string of the molecule is COc1ccccc1C(=O)NCCC1(C)OCCCO1. The summed E-state index contributed by atoms with van der Waals surface area (Å²) in [6, 6.07) is 7.15. The lowest BCUT2D eigenvalue weighted by Gasteiger charge is -2.33. The maximum atomic E-state index is 12.1. The molecule has 0 spiro atoms. The summed E-state index contributed by atoms with van der Waals surface area (Å²) in [4.78, 5) is 12.1. The quantitative estimate of drug-likeness (QED) is 0.895. The normalized spacial score (nSPS) is 17.5. The van der Waals surface area contributed by atoms with Gasteiger partial charge in [0, 0.05) is 13.0 Å². The Balaban J connectivity index is 1.86. The van der Waals surface area contributed by atoms with E-state index < -0.39 is 5.79 Å². The number of carbonyl (C=O) groups is 1. The molecule has 1 aliphatic heterocycles. The van der Waals surface area contributed by atoms with Crippen molar-refractivity contribution >= 4 is 5.91 Å². The zero-order valence-corrected chi connectivity index (χ0v) is 12.0. The van der Waals surface area contributed by atoms with E-state index in [4.69, 9.17) is 14.2 Å². The van der Waals surface area contributed by atoms with E-state index in [0.717, 1.165) is 6.42 Å². The highest BCUT2D eigenvalue weighted by Gasteiger charge is 2.28. The van der Waals surface area contributed by atoms with Crippen LogP contribution in [0.2, 0.25) is 0 Å². The van der Waals surface area contributed by atoms with Crippen molar-refractivity contribution in [1.82, 2.24) is 5.32 Å². The molecular weight excluding hydrogens is 258 g/mol. The molecule has 1 amide bonds. The molecule has 1 fully saturated rings. The Kier molecular flexibility index (Phi) is 4.98. The van der Waals surface area contributed by atoms with Crippen molar-refractivity contribution in [1.29, 1.82) is 0 Å². The number of amides is 1. The Morgan fingerprint density at radius 3 is 2.75 bits per heavy atom. The molecule has 0 saturated carbocycles. The fourth-order valence-electron chi connectivity index (χ4n) is 2.15. The Labute approximate surface area is 119 Å². The van der Waals surface area contributed by atoms with E-state index in [-0.39, 0.29) is 5.91 Å². The highest BCUT2D eigenvalue weighted by atomic mass is 16.7. The molecule has 0 radical (unpaired) electrons. The topological polar surface area (TPSA) is 56.8 Å². The lowest BCUT2D eigenvalue weighted by molar-refractivity contribution is -0.257. The lowest BCUT2D eigenvalue weighted by atomic mass is 10.1. The average Bonchev–Trinajstić information content (AvgIpc) is 2.47. The molecule has 0 unspecified atom stereocenters. The first-order chi connectivity index (χ1) is 9.64. The van der Waals surface area contributed by atoms with Crippen LogP contribution in [0.5, 0.6) is 5.75 Å². The van der Waals surface area contributed by atoms with Crippen LogP contribution < -0.4 is 10.1 Å². The summed E-state index contributed by atoms with van der Waals surface area (Å²) in [5.74, 6) is -0.171. The Morgan fingerprint density at radius 2 is 2.05 bits per heavy atom. The van der Waals surface area contributed by atoms with Gasteiger partial charge >= 0.3 is 0 Å². The number of nitrogens with one attached hydrogen (secondary N) is 1. The van der Waals surface area contributed by atoms with Gasteiger partial charge in [0.05, 0.1) is 25.9 Å². The molecule has 110 valence electrons. The van der Waals surface area contributed by atoms with E-state index in [2.05, 4.69) is 5.32 Å². The zero-order valence-electron chi connectivity index (χ0n) is 12.0. The molecule has 1 aromatic carbocycles. The van der Waals surface area contributed by atoms with Crippen molar-refractivity contribution in [2.24, 2.45) is 0 Å². The first kappa shape index (κ1) is 14.8. The second kappa shape index (κ2) is 6.72. The average molecular weight is 279 g/mol. The molecule has 1 saturated heterocycles. The van der Waals surface area contributed by atoms with Gasteiger partial charge in [-0.15, -0.1) is 0 Å². The monoisotopic (exact) mass is 279 g/mol. The Morgan fingerprint density at radius 1 is 1.35 bits per heavy atom. The summed E-state index contributed by atoms with van der Waals surface area (Å²) in [6.07, 6.45) is 1.54. The maximum Gasteiger partial charge on any atom is 0.255 e. The minimum Gasteiger partial charge on any atom is -0.496 e. The van der Waals surface area contributed by atoms with Gasteiger partial charge in [-0.05, 0) is 25.5 Å². The van der Waals surface area contributed by atoms with Crippen molar-refractivity contribution in [2.45, 2.75) is 25.6 Å². The molecule has 1 heterocycles. The fraction of sp³-hybridized carbons (Fsp3) is 0.533. The third-order valence-corrected chi connectivity index (χ3v) is 3.32. The van der Waals surface area contributed by atoms with Crippen LogP contribution in [0.25, 0.3) is 0 Å². The molecule has 1 aliphatic rings. The highest BCUT2D eigenvalue weighted by Crippen LogP contribution is 2.22. The van der Waals surface area contributed by atoms with E-state index in [9.17, 15) is 4.79 Å². The molecule has 5 heteroatoms. The molecule has 5 nitrogen and oxygen atoms in total. The number of methoxy groups -OCH3 is 1. The van der Waals surface area contributed by atoms with E-state index in [1.165, 1.54) is 0 Å². The molecule has 2 rings (SSSR count). The number of carbonyl (C=O) groups excluding carboxylic acids is 1. The third kappa shape index (κ3) is 3.71. The fourth-order valence-corrected chi connectivity index (χ4v) is 2.15. The standard InChI is InChI=1S/C15H21NO4/c1-15(19-10-5-11-20-15)8-9-16-14(17)12-6-3-4-7-13(12)18-2/h3-4,6-7H,5,8-11H2,1-2H3,(H,16,17). The largest absolute Gasteiger partial charge is 0.496 e. The van der Waals surface area contributed by atoms with Gasteiger partial charge in [0.15, 0.2) is 5.79 Å². The summed E-state index contributed by atoms with van der Waals surface area (Å²) in [6.45, 7) is 3.81. The number of benzene rings is 1. The Bertz CT molecular complexity index is 455. The van der Waals surface area contributed by atoms with E-state index in [0.29, 0.717) is 37.5 Å². The van der Waals surface area contributed by atoms with Crippen molar-refractivity contribution in [3.05, 3.63) is 29.8 Å². The summed E-state index contributed by atoms with van der Waals surface area (Å²) < 4.78 is 16.4. The molecule has 0 aliphatic carbocycles. The highest BCUT2D eigenvalue weighted by molar-refractivity contribution is 5.96. The first-order valence-corrected chi connectivity index (χ1v) is 6.84. The van der Waals surface area contributed by atoms with E-state index >= 15 is 0 Å². The summed E-state index contributed by atoms with van der Waals surface area (Å²) in [5, 5.41) is 2.87. The first-order valence-electron chi connectivity index (χ1n) is 6.84. The smallest absolute Gasteiger partial charge is 0.255 e. The second-order valence-corrected chi connectivity index (χ2v) is 4.89. The van der Waals surface area contributed by atoms with Crippen LogP contribution in [0, 0.1) is 0 Å². The van der Waals surface area contributed by atoms with Gasteiger partial charge in [-0.1, -0.05) is 12.1 Å². The summed E-state index contributed by atoms with van der Waals surface area (Å²) >= 11 is 0. The maximum absolute atomic E-state index is 12.1. The van der Waals surface area contributed by atoms with Gasteiger partial charge in [-0.25, -0.2) is 0 Å². The van der Waals surface area contributed by atoms with Crippen molar-refractivity contribution < 1.29 is 19.0 Å². The molecule has 20 heavy (non-hydrogen) atoms. The molecule has 1 N–H and O–H groups in total. The van der Waals surface area contributed by atoms with Gasteiger partial charge in [0.1, 0.15) is 5.75 Å². The molecule has 1 aromatic rings. The minimum absolute atomic E-state index is 0.151. The predicted octanol–water partition coefficient (Wildman–Crippen LogP) is 1.97. The lowest BCUT2D eigenvalue weighted by Crippen LogP contribution is -2.41. The second-order valence-electron chi connectivity index (χ2n) is 4.89. The van der Waals surface area contributed by atoms with Gasteiger partial charge in [-0.3, -0.25) is 4.79 Å². The van der Waals surface area contributed by atoms with Crippen molar-refractivity contribution in [3.63, 3.8) is 0 Å². The zero-order chi connectivity index (χ0) is 14.4. The van der Waals surface area contributed by atoms with Crippen LogP contribution in [0.15, 0.2) is 24.3 Å². The number of rotatable bonds is 5. The van der Waals surface area contributed by atoms with Crippen molar-refractivity contribution in [3.8, 4) is 5.75 Å². The summed E-state index contributed by atoms with van der Waals surface area (Å²) in [5.41, 5.74) is 0.533. The van der Waals surface area contributed by atoms with E-state index in [1.54, 1.807) is 19.2 Å². The Hall–Kier alpha value is -1.59. The summed E-state index contributed by atoms with van der Waals surface area (Å²) in [7, 11) is 1.55. The van der Waals surface area contributed by atoms with Crippen LogP contribution in [-0.2, 0) is 9.47 Å². The van der Waals surface area contributed by atoms with Gasteiger partial charge in [0.25, 0.3) is 5.91 Å². The molecule has 0 aromatic heterocycles.